The summed E-state index contributed by atoms with van der Waals surface area (Å²) in [5, 5.41) is 3.08. The molecule has 0 aliphatic carbocycles. The lowest BCUT2D eigenvalue weighted by Crippen LogP contribution is -2.29. The molecule has 0 fully saturated rings. The number of hydrogen-bond acceptors (Lipinski definition) is 8. The molecule has 3 heterocycles. The summed E-state index contributed by atoms with van der Waals surface area (Å²) in [5.41, 5.74) is 5.19. The molecule has 8 nitrogen and oxygen atoms in total. The van der Waals surface area contributed by atoms with Crippen LogP contribution in [0.25, 0.3) is 11.1 Å². The van der Waals surface area contributed by atoms with Gasteiger partial charge in [-0.05, 0) is 62.4 Å². The van der Waals surface area contributed by atoms with E-state index in [4.69, 9.17) is 4.74 Å². The molecular weight excluding hydrogens is 528 g/mol. The largest absolute Gasteiger partial charge is 0.459 e. The summed E-state index contributed by atoms with van der Waals surface area (Å²) < 4.78 is 7.37. The Labute approximate surface area is 238 Å². The average Bonchev–Trinajstić information content (AvgIpc) is 2.91. The average molecular weight is 565 g/mol. The number of carbonyl (C=O) groups excluding carboxylic acids is 1. The molecule has 4 rings (SSSR count). The zero-order valence-electron chi connectivity index (χ0n) is 23.1. The number of esters is 1. The zero-order chi connectivity index (χ0) is 27.8. The highest BCUT2D eigenvalue weighted by atomic mass is 33.1. The molecule has 0 aliphatic heterocycles. The van der Waals surface area contributed by atoms with E-state index < -0.39 is 5.60 Å². The first-order chi connectivity index (χ1) is 18.7. The summed E-state index contributed by atoms with van der Waals surface area (Å²) in [6.07, 6.45) is 11.3. The molecule has 1 N–H and O–H groups in total. The van der Waals surface area contributed by atoms with Crippen LogP contribution in [-0.2, 0) is 28.9 Å². The van der Waals surface area contributed by atoms with Gasteiger partial charge >= 0.3 is 5.97 Å². The monoisotopic (exact) mass is 564 g/mol. The third kappa shape index (κ3) is 8.63. The normalized spacial score (nSPS) is 12.3. The summed E-state index contributed by atoms with van der Waals surface area (Å²) in [7, 11) is 2.95. The van der Waals surface area contributed by atoms with Crippen LogP contribution in [0.1, 0.15) is 51.4 Å². The highest BCUT2D eigenvalue weighted by molar-refractivity contribution is 8.76. The van der Waals surface area contributed by atoms with Crippen molar-refractivity contribution in [1.29, 1.82) is 0 Å². The van der Waals surface area contributed by atoms with Crippen LogP contribution >= 0.6 is 21.8 Å². The Morgan fingerprint density at radius 1 is 1.08 bits per heavy atom. The molecule has 39 heavy (non-hydrogen) atoms. The molecule has 1 aromatic carbocycles. The third-order valence-corrected chi connectivity index (χ3v) is 8.42. The van der Waals surface area contributed by atoms with E-state index in [1.165, 1.54) is 27.3 Å². The van der Waals surface area contributed by atoms with Crippen LogP contribution in [-0.4, -0.2) is 47.5 Å². The number of aromatic amines is 1. The Bertz CT molecular complexity index is 1300. The Morgan fingerprint density at radius 2 is 1.79 bits per heavy atom. The van der Waals surface area contributed by atoms with E-state index in [9.17, 15) is 4.79 Å². The lowest BCUT2D eigenvalue weighted by Gasteiger charge is -2.24. The van der Waals surface area contributed by atoms with Gasteiger partial charge in [0, 0.05) is 55.3 Å². The molecule has 0 saturated carbocycles. The quantitative estimate of drug-likeness (QED) is 0.157. The first-order valence-electron chi connectivity index (χ1n) is 13.1. The number of nitrogens with zero attached hydrogens (tertiary/aromatic N) is 5. The van der Waals surface area contributed by atoms with Gasteiger partial charge in [-0.1, -0.05) is 48.0 Å². The van der Waals surface area contributed by atoms with Gasteiger partial charge in [0.25, 0.3) is 0 Å². The zero-order valence-corrected chi connectivity index (χ0v) is 24.8. The van der Waals surface area contributed by atoms with Crippen LogP contribution in [0.5, 0.6) is 0 Å². The minimum absolute atomic E-state index is 0.206. The standard InChI is InChI=1S/C29H36N6O2S2/c1-6-22-16-31-28(32-17-22)34(19-23-9-11-24(12-10-23)25-8-7-14-30-18-25)15-13-26-20-35(33-26)39-38-21(2)27(36)37-29(3,4)5/h7-12,14,16-18,20-21,33H,6,13,15,19H2,1-5H3. The van der Waals surface area contributed by atoms with Crippen LogP contribution in [0.3, 0.4) is 0 Å². The lowest BCUT2D eigenvalue weighted by molar-refractivity contribution is -0.153. The minimum atomic E-state index is -0.480. The van der Waals surface area contributed by atoms with Gasteiger partial charge in [0.05, 0.1) is 11.9 Å². The van der Waals surface area contributed by atoms with Gasteiger partial charge in [-0.25, -0.2) is 14.1 Å². The highest BCUT2D eigenvalue weighted by Gasteiger charge is 2.23. The number of ether oxygens (including phenoxy) is 1. The number of carbonyl (C=O) groups is 1. The predicted molar refractivity (Wildman–Crippen MR) is 161 cm³/mol. The van der Waals surface area contributed by atoms with E-state index in [2.05, 4.69) is 68.4 Å². The SMILES string of the molecule is CCc1cnc(N(CCc2cn(SSC(C)C(=O)OC(C)(C)C)[nH]2)Cc2ccc(-c3cccnc3)cc2)nc1. The molecule has 206 valence electrons. The topological polar surface area (TPSA) is 88.9 Å². The molecule has 0 spiro atoms. The summed E-state index contributed by atoms with van der Waals surface area (Å²) in [6, 6.07) is 12.6. The van der Waals surface area contributed by atoms with Crippen molar-refractivity contribution in [2.24, 2.45) is 0 Å². The summed E-state index contributed by atoms with van der Waals surface area (Å²) in [4.78, 5) is 27.9. The Hall–Kier alpha value is -3.24. The number of anilines is 1. The van der Waals surface area contributed by atoms with Crippen LogP contribution in [0, 0.1) is 0 Å². The summed E-state index contributed by atoms with van der Waals surface area (Å²) >= 11 is 0. The van der Waals surface area contributed by atoms with Crippen molar-refractivity contribution >= 4 is 33.7 Å². The maximum atomic E-state index is 12.2. The van der Waals surface area contributed by atoms with Gasteiger partial charge in [0.1, 0.15) is 10.9 Å². The van der Waals surface area contributed by atoms with Gasteiger partial charge in [-0.15, -0.1) is 0 Å². The number of rotatable bonds is 12. The molecular formula is C29H36N6O2S2. The maximum absolute atomic E-state index is 12.2. The van der Waals surface area contributed by atoms with E-state index in [0.717, 1.165) is 47.7 Å². The van der Waals surface area contributed by atoms with Crippen molar-refractivity contribution in [3.05, 3.63) is 84.2 Å². The lowest BCUT2D eigenvalue weighted by atomic mass is 10.1. The van der Waals surface area contributed by atoms with E-state index in [1.54, 1.807) is 6.20 Å². The Morgan fingerprint density at radius 3 is 2.41 bits per heavy atom. The van der Waals surface area contributed by atoms with Crippen molar-refractivity contribution < 1.29 is 9.53 Å². The van der Waals surface area contributed by atoms with Crippen molar-refractivity contribution in [3.8, 4) is 11.1 Å². The molecule has 0 aliphatic rings. The smallest absolute Gasteiger partial charge is 0.320 e. The van der Waals surface area contributed by atoms with Gasteiger partial charge in [-0.2, -0.15) is 0 Å². The Balaban J connectivity index is 1.35. The van der Waals surface area contributed by atoms with Gasteiger partial charge in [0.15, 0.2) is 0 Å². The summed E-state index contributed by atoms with van der Waals surface area (Å²) in [5.74, 6) is 0.513. The second-order valence-corrected chi connectivity index (χ2v) is 12.8. The minimum Gasteiger partial charge on any atom is -0.459 e. The molecule has 1 unspecified atom stereocenters. The highest BCUT2D eigenvalue weighted by Crippen LogP contribution is 2.30. The van der Waals surface area contributed by atoms with Gasteiger partial charge in [0.2, 0.25) is 5.95 Å². The van der Waals surface area contributed by atoms with E-state index in [1.807, 2.05) is 56.4 Å². The Kier molecular flexibility index (Phi) is 9.74. The van der Waals surface area contributed by atoms with Crippen molar-refractivity contribution in [3.63, 3.8) is 0 Å². The number of H-pyrrole nitrogens is 1. The number of benzene rings is 1. The summed E-state index contributed by atoms with van der Waals surface area (Å²) in [6.45, 7) is 11.1. The number of nitrogens with one attached hydrogen (secondary N) is 1. The number of aryl methyl sites for hydroxylation is 1. The molecule has 0 saturated heterocycles. The molecule has 4 aromatic rings. The van der Waals surface area contributed by atoms with Gasteiger partial charge in [-0.3, -0.25) is 14.9 Å². The van der Waals surface area contributed by atoms with Crippen LogP contribution in [0.4, 0.5) is 5.95 Å². The first-order valence-corrected chi connectivity index (χ1v) is 15.3. The number of aromatic nitrogens is 5. The molecule has 10 heteroatoms. The van der Waals surface area contributed by atoms with Crippen molar-refractivity contribution in [1.82, 2.24) is 24.1 Å². The molecule has 0 bridgehead atoms. The molecule has 3 aromatic heterocycles. The van der Waals surface area contributed by atoms with Crippen molar-refractivity contribution in [2.45, 2.75) is 64.9 Å². The number of pyridine rings is 1. The maximum Gasteiger partial charge on any atom is 0.320 e. The van der Waals surface area contributed by atoms with Crippen LogP contribution in [0.15, 0.2) is 67.4 Å². The van der Waals surface area contributed by atoms with Crippen LogP contribution in [0.2, 0.25) is 0 Å². The van der Waals surface area contributed by atoms with E-state index in [-0.39, 0.29) is 11.2 Å². The second kappa shape index (κ2) is 13.2. The fraction of sp³-hybridized carbons (Fsp3) is 0.379. The van der Waals surface area contributed by atoms with Gasteiger partial charge < -0.3 is 9.64 Å². The second-order valence-electron chi connectivity index (χ2n) is 10.3. The van der Waals surface area contributed by atoms with Crippen LogP contribution < -0.4 is 4.90 Å². The van der Waals surface area contributed by atoms with E-state index >= 15 is 0 Å². The van der Waals surface area contributed by atoms with E-state index in [0.29, 0.717) is 6.54 Å². The predicted octanol–water partition coefficient (Wildman–Crippen LogP) is 6.35. The number of hydrogen-bond donors (Lipinski definition) is 1. The van der Waals surface area contributed by atoms with Crippen molar-refractivity contribution in [2.75, 3.05) is 11.4 Å². The molecule has 0 amide bonds. The fourth-order valence-corrected chi connectivity index (χ4v) is 5.54. The fourth-order valence-electron chi connectivity index (χ4n) is 3.73. The third-order valence-electron chi connectivity index (χ3n) is 5.89. The first kappa shape index (κ1) is 28.8. The molecule has 1 atom stereocenters. The molecule has 0 radical (unpaired) electrons.